The van der Waals surface area contributed by atoms with Crippen LogP contribution in [0.2, 0.25) is 0 Å². The first kappa shape index (κ1) is 8.97. The summed E-state index contributed by atoms with van der Waals surface area (Å²) in [5.41, 5.74) is 0. The van der Waals surface area contributed by atoms with Gasteiger partial charge in [0.1, 0.15) is 19.6 Å². The molecule has 1 fully saturated rings. The molecule has 0 aliphatic carbocycles. The quantitative estimate of drug-likeness (QED) is 0.625. The lowest BCUT2D eigenvalue weighted by atomic mass is 10.3. The van der Waals surface area contributed by atoms with Crippen molar-refractivity contribution in [2.24, 2.45) is 0 Å². The molecule has 1 aliphatic heterocycles. The minimum Gasteiger partial charge on any atom is -0.370 e. The largest absolute Gasteiger partial charge is 0.370 e. The van der Waals surface area contributed by atoms with Crippen LogP contribution in [-0.2, 0) is 4.74 Å². The second-order valence-electron chi connectivity index (χ2n) is 3.23. The lowest BCUT2D eigenvalue weighted by molar-refractivity contribution is -1.11. The Balaban J connectivity index is 2.25. The van der Waals surface area contributed by atoms with Crippen LogP contribution in [0.4, 0.5) is 0 Å². The van der Waals surface area contributed by atoms with Crippen LogP contribution < -0.4 is 0 Å². The van der Waals surface area contributed by atoms with Crippen molar-refractivity contribution < 1.29 is 14.6 Å². The number of rotatable bonds is 3. The smallest absolute Gasteiger partial charge is 0.132 e. The molecule has 0 bridgehead atoms. The highest BCUT2D eigenvalue weighted by atomic mass is 16.6. The maximum absolute atomic E-state index is 9.86. The number of ether oxygens (including phenoxy) is 1. The van der Waals surface area contributed by atoms with Gasteiger partial charge in [0, 0.05) is 0 Å². The zero-order valence-corrected chi connectivity index (χ0v) is 7.25. The van der Waals surface area contributed by atoms with Crippen LogP contribution in [0.5, 0.6) is 0 Å². The first-order chi connectivity index (χ1) is 5.27. The number of quaternary nitrogens is 1. The van der Waals surface area contributed by atoms with Gasteiger partial charge in [0.15, 0.2) is 0 Å². The third-order valence-electron chi connectivity index (χ3n) is 2.23. The number of hydrogen-bond donors (Lipinski definition) is 1. The van der Waals surface area contributed by atoms with E-state index in [1.165, 1.54) is 0 Å². The van der Waals surface area contributed by atoms with Gasteiger partial charge >= 0.3 is 0 Å². The molecule has 0 unspecified atom stereocenters. The van der Waals surface area contributed by atoms with Crippen molar-refractivity contribution in [2.75, 3.05) is 32.8 Å². The van der Waals surface area contributed by atoms with Gasteiger partial charge in [-0.1, -0.05) is 13.3 Å². The molecule has 11 heavy (non-hydrogen) atoms. The summed E-state index contributed by atoms with van der Waals surface area (Å²) in [6, 6.07) is 0. The molecule has 1 saturated heterocycles. The van der Waals surface area contributed by atoms with Gasteiger partial charge < -0.3 is 4.74 Å². The molecule has 3 nitrogen and oxygen atoms in total. The molecule has 0 aromatic rings. The van der Waals surface area contributed by atoms with Crippen LogP contribution in [0.25, 0.3) is 0 Å². The molecule has 3 heteroatoms. The number of unbranched alkanes of at least 4 members (excludes halogenated alkanes) is 1. The van der Waals surface area contributed by atoms with Crippen molar-refractivity contribution in [1.29, 1.82) is 0 Å². The molecule has 1 N–H and O–H groups in total. The van der Waals surface area contributed by atoms with E-state index in [-0.39, 0.29) is 4.65 Å². The van der Waals surface area contributed by atoms with E-state index >= 15 is 0 Å². The zero-order chi connectivity index (χ0) is 8.16. The number of hydrogen-bond acceptors (Lipinski definition) is 2. The number of hydroxylamine groups is 3. The second kappa shape index (κ2) is 4.04. The first-order valence-corrected chi connectivity index (χ1v) is 4.43. The standard InChI is InChI=1S/C8H18NO2/c1-2-3-4-9(10)5-7-11-8-6-9/h10H,2-8H2,1H3/q+1. The monoisotopic (exact) mass is 160 g/mol. The van der Waals surface area contributed by atoms with Gasteiger partial charge in [-0.15, -0.1) is 0 Å². The van der Waals surface area contributed by atoms with E-state index in [4.69, 9.17) is 4.74 Å². The summed E-state index contributed by atoms with van der Waals surface area (Å²) in [6.07, 6.45) is 2.26. The number of morpholine rings is 1. The Morgan fingerprint density at radius 2 is 2.00 bits per heavy atom. The van der Waals surface area contributed by atoms with Crippen LogP contribution in [0, 0.1) is 0 Å². The topological polar surface area (TPSA) is 29.5 Å². The van der Waals surface area contributed by atoms with Gasteiger partial charge in [-0.05, 0) is 6.42 Å². The fourth-order valence-electron chi connectivity index (χ4n) is 1.36. The summed E-state index contributed by atoms with van der Waals surface area (Å²) in [4.78, 5) is 0. The molecule has 1 aliphatic rings. The van der Waals surface area contributed by atoms with Crippen molar-refractivity contribution in [2.45, 2.75) is 19.8 Å². The molecule has 66 valence electrons. The molecule has 0 aromatic heterocycles. The fraction of sp³-hybridized carbons (Fsp3) is 1.00. The minimum atomic E-state index is 0.230. The summed E-state index contributed by atoms with van der Waals surface area (Å²) in [5.74, 6) is 0. The molecule has 0 aromatic carbocycles. The van der Waals surface area contributed by atoms with Gasteiger partial charge in [-0.2, -0.15) is 4.65 Å². The van der Waals surface area contributed by atoms with Crippen molar-refractivity contribution in [3.8, 4) is 0 Å². The first-order valence-electron chi connectivity index (χ1n) is 4.43. The SMILES string of the molecule is CCCC[N+]1(O)CCOCC1. The Morgan fingerprint density at radius 3 is 2.55 bits per heavy atom. The van der Waals surface area contributed by atoms with Crippen LogP contribution in [0.1, 0.15) is 19.8 Å². The summed E-state index contributed by atoms with van der Waals surface area (Å²) in [5, 5.41) is 9.86. The van der Waals surface area contributed by atoms with Gasteiger partial charge in [-0.25, -0.2) is 5.21 Å². The summed E-state index contributed by atoms with van der Waals surface area (Å²) < 4.78 is 5.40. The maximum Gasteiger partial charge on any atom is 0.132 e. The van der Waals surface area contributed by atoms with Crippen molar-refractivity contribution in [1.82, 2.24) is 0 Å². The lowest BCUT2D eigenvalue weighted by Gasteiger charge is -2.33. The van der Waals surface area contributed by atoms with E-state index in [0.717, 1.165) is 32.5 Å². The predicted octanol–water partition coefficient (Wildman–Crippen LogP) is 1.02. The van der Waals surface area contributed by atoms with Crippen LogP contribution >= 0.6 is 0 Å². The molecule has 0 radical (unpaired) electrons. The summed E-state index contributed by atoms with van der Waals surface area (Å²) in [6.45, 7) is 5.98. The highest BCUT2D eigenvalue weighted by Crippen LogP contribution is 2.08. The summed E-state index contributed by atoms with van der Waals surface area (Å²) in [7, 11) is 0. The maximum atomic E-state index is 9.86. The van der Waals surface area contributed by atoms with E-state index in [0.29, 0.717) is 13.2 Å². The minimum absolute atomic E-state index is 0.230. The van der Waals surface area contributed by atoms with E-state index < -0.39 is 0 Å². The average molecular weight is 160 g/mol. The fourth-order valence-corrected chi connectivity index (χ4v) is 1.36. The molecule has 1 rings (SSSR count). The molecule has 0 saturated carbocycles. The van der Waals surface area contributed by atoms with E-state index in [9.17, 15) is 5.21 Å². The highest BCUT2D eigenvalue weighted by Gasteiger charge is 2.27. The highest BCUT2D eigenvalue weighted by molar-refractivity contribution is 4.43. The van der Waals surface area contributed by atoms with Gasteiger partial charge in [0.2, 0.25) is 0 Å². The van der Waals surface area contributed by atoms with E-state index in [1.807, 2.05) is 0 Å². The van der Waals surface area contributed by atoms with Gasteiger partial charge in [0.05, 0.1) is 13.2 Å². The molecule has 0 amide bonds. The Kier molecular flexibility index (Phi) is 3.30. The van der Waals surface area contributed by atoms with Crippen molar-refractivity contribution in [3.05, 3.63) is 0 Å². The Labute approximate surface area is 68.1 Å². The van der Waals surface area contributed by atoms with E-state index in [1.54, 1.807) is 0 Å². The molecular formula is C8H18NO2+. The van der Waals surface area contributed by atoms with Crippen LogP contribution in [0.3, 0.4) is 0 Å². The molecular weight excluding hydrogens is 142 g/mol. The van der Waals surface area contributed by atoms with Gasteiger partial charge in [-0.3, -0.25) is 0 Å². The zero-order valence-electron chi connectivity index (χ0n) is 7.25. The Hall–Kier alpha value is -0.120. The van der Waals surface area contributed by atoms with Gasteiger partial charge in [0.25, 0.3) is 0 Å². The average Bonchev–Trinajstić information content (AvgIpc) is 2.03. The molecule has 0 spiro atoms. The normalized spacial score (nSPS) is 23.5. The Morgan fingerprint density at radius 1 is 1.36 bits per heavy atom. The summed E-state index contributed by atoms with van der Waals surface area (Å²) >= 11 is 0. The molecule has 1 heterocycles. The number of nitrogens with zero attached hydrogens (tertiary/aromatic N) is 1. The van der Waals surface area contributed by atoms with Crippen LogP contribution in [-0.4, -0.2) is 42.7 Å². The Bertz CT molecular complexity index is 111. The predicted molar refractivity (Wildman–Crippen MR) is 42.4 cm³/mol. The van der Waals surface area contributed by atoms with Crippen molar-refractivity contribution >= 4 is 0 Å². The third kappa shape index (κ3) is 2.77. The lowest BCUT2D eigenvalue weighted by Crippen LogP contribution is -2.52. The van der Waals surface area contributed by atoms with Crippen molar-refractivity contribution in [3.63, 3.8) is 0 Å². The second-order valence-corrected chi connectivity index (χ2v) is 3.23. The molecule has 0 atom stereocenters. The third-order valence-corrected chi connectivity index (χ3v) is 2.23. The van der Waals surface area contributed by atoms with Crippen LogP contribution in [0.15, 0.2) is 0 Å². The van der Waals surface area contributed by atoms with E-state index in [2.05, 4.69) is 6.92 Å².